The Labute approximate surface area is 802 Å². The number of carbonyl (C=O) groups is 3. The van der Waals surface area contributed by atoms with Gasteiger partial charge in [-0.15, -0.1) is 0 Å². The summed E-state index contributed by atoms with van der Waals surface area (Å²) >= 11 is 19.6. The van der Waals surface area contributed by atoms with Gasteiger partial charge < -0.3 is 66.6 Å². The van der Waals surface area contributed by atoms with Crippen molar-refractivity contribution in [2.75, 3.05) is 140 Å². The number of piperazine rings is 3. The van der Waals surface area contributed by atoms with Crippen LogP contribution in [0.5, 0.6) is 0 Å². The Hall–Kier alpha value is -13.4. The lowest BCUT2D eigenvalue weighted by Gasteiger charge is -2.51. The molecule has 34 heteroatoms. The fraction of sp³-hybridized carbons (Fsp3) is 0.353. The van der Waals surface area contributed by atoms with Crippen molar-refractivity contribution in [1.82, 2.24) is 63.2 Å². The van der Waals surface area contributed by atoms with E-state index in [9.17, 15) is 24.0 Å². The average Bonchev–Trinajstić information content (AvgIpc) is 0.716. The summed E-state index contributed by atoms with van der Waals surface area (Å²) in [6.07, 6.45) is 9.98. The Bertz CT molecular complexity index is 7110. The van der Waals surface area contributed by atoms with Crippen LogP contribution >= 0.6 is 34.8 Å². The zero-order valence-electron chi connectivity index (χ0n) is 78.9. The van der Waals surface area contributed by atoms with Gasteiger partial charge in [0.1, 0.15) is 51.6 Å². The van der Waals surface area contributed by atoms with Gasteiger partial charge in [0.05, 0.1) is 84.4 Å². The van der Waals surface area contributed by atoms with Crippen LogP contribution in [0.15, 0.2) is 162 Å². The van der Waals surface area contributed by atoms with Crippen LogP contribution in [0.4, 0.5) is 64.4 Å². The fourth-order valence-electron chi connectivity index (χ4n) is 20.1. The maximum Gasteiger partial charge on any atom is 0.282 e. The number of hydrogen-bond acceptors (Lipinski definition) is 22. The van der Waals surface area contributed by atoms with Crippen LogP contribution in [0.2, 0.25) is 15.1 Å². The highest BCUT2D eigenvalue weighted by atomic mass is 35.5. The van der Waals surface area contributed by atoms with E-state index in [1.165, 1.54) is 36.4 Å². The van der Waals surface area contributed by atoms with Crippen LogP contribution in [-0.2, 0) is 14.4 Å². The molecule has 6 atom stereocenters. The molecule has 3 fully saturated rings. The monoisotopic (exact) mass is 1900 g/mol. The molecule has 3 amide bonds. The molecule has 6 aliphatic rings. The zero-order chi connectivity index (χ0) is 97.7. The van der Waals surface area contributed by atoms with Gasteiger partial charge in [0.15, 0.2) is 16.9 Å². The number of halogens is 6. The third-order valence-corrected chi connectivity index (χ3v) is 27.6. The minimum Gasteiger partial charge on any atom is -0.399 e. The number of rotatable bonds is 16. The van der Waals surface area contributed by atoms with Crippen molar-refractivity contribution in [2.24, 2.45) is 0 Å². The Balaban J connectivity index is 0.000000148. The second-order valence-electron chi connectivity index (χ2n) is 37.3. The number of nitrogens with one attached hydrogen (secondary N) is 1. The van der Waals surface area contributed by atoms with Crippen molar-refractivity contribution in [1.29, 1.82) is 0 Å². The molecule has 6 aliphatic heterocycles. The minimum atomic E-state index is -0.602. The maximum atomic E-state index is 16.5. The molecule has 136 heavy (non-hydrogen) atoms. The molecule has 9 aromatic heterocycles. The summed E-state index contributed by atoms with van der Waals surface area (Å²) < 4.78 is 53.7. The molecule has 3 saturated heterocycles. The van der Waals surface area contributed by atoms with Crippen LogP contribution in [0.3, 0.4) is 0 Å². The van der Waals surface area contributed by atoms with E-state index >= 15 is 18.0 Å². The molecule has 0 bridgehead atoms. The fourth-order valence-corrected chi connectivity index (χ4v) is 20.7. The molecule has 28 nitrogen and oxygen atoms in total. The highest BCUT2D eigenvalue weighted by Crippen LogP contribution is 2.49. The average molecular weight is 1910 g/mol. The molecular weight excluding hydrogens is 1790 g/mol. The van der Waals surface area contributed by atoms with Gasteiger partial charge in [-0.1, -0.05) is 96.1 Å². The van der Waals surface area contributed by atoms with Crippen molar-refractivity contribution in [3.8, 4) is 50.8 Å². The number of likely N-dealkylation sites (N-methyl/N-ethyl adjacent to an activating group) is 1. The van der Waals surface area contributed by atoms with E-state index in [-0.39, 0.29) is 132 Å². The van der Waals surface area contributed by atoms with Gasteiger partial charge in [0.2, 0.25) is 17.7 Å². The third kappa shape index (κ3) is 17.2. The van der Waals surface area contributed by atoms with Crippen molar-refractivity contribution in [3.05, 3.63) is 245 Å². The van der Waals surface area contributed by atoms with E-state index in [4.69, 9.17) is 71.9 Å². The van der Waals surface area contributed by atoms with Crippen molar-refractivity contribution < 1.29 is 27.6 Å². The summed E-state index contributed by atoms with van der Waals surface area (Å²) in [4.78, 5) is 129. The number of amides is 3. The second kappa shape index (κ2) is 38.1. The molecule has 18 rings (SSSR count). The number of nitrogens with zero attached hydrogens (tertiary/aromatic N) is 18. The molecule has 0 saturated carbocycles. The summed E-state index contributed by atoms with van der Waals surface area (Å²) in [5.41, 5.74) is 30.0. The molecule has 7 N–H and O–H groups in total. The van der Waals surface area contributed by atoms with Gasteiger partial charge in [0, 0.05) is 159 Å². The summed E-state index contributed by atoms with van der Waals surface area (Å²) in [6.45, 7) is 40.4. The lowest BCUT2D eigenvalue weighted by molar-refractivity contribution is -0.129. The molecule has 0 radical (unpaired) electrons. The molecule has 6 unspecified atom stereocenters. The first-order chi connectivity index (χ1) is 64.7. The number of fused-ring (bicyclic) bond motifs is 15. The van der Waals surface area contributed by atoms with Crippen LogP contribution in [-0.4, -0.2) is 210 Å². The minimum absolute atomic E-state index is 0.00416. The standard InChI is InChI=1S/C37H44ClFN8O2.C33H35ClFN7O2.C32H33ClFN7O2/c1-8-30(48)45-20-25-19-44(15-9-14-43(6)7)35-34(46(25)18-23(45)5)27-17-29(39)32(26-16-24(40)10-11-28(26)38)42-36(27)47(37(35)49)33-22(4)12-13-41-31(33)21(2)3;1-7-26(43)40-16-21-15-39(6)31-30(41(21)14-19(40)5)23-13-25(35)28(22-12-20(36)8-9-24(22)34)38-32(23)42(33(31)44)29-18(4)10-11-37-27(29)17(2)3;1-6-25(42)39-15-20-13-37-28-30(40(20)14-18(39)5)22-12-24(34)27(21-11-19(35)7-8-23(21)33)38-31(22)41(32(28)43)29-17(4)9-10-36-26(29)16(2)3/h8,10-13,16-17,21,23,25H,1,9,14-15,18-20,40H2,2-7H3;7-13,17,19,21H,1,14-16,36H2,2-6H3;6-12,16,18,20,37H,1,13-15,35H2,2-5H3. The van der Waals surface area contributed by atoms with E-state index in [2.05, 4.69) is 59.5 Å². The Morgan fingerprint density at radius 1 is 0.463 bits per heavy atom. The number of pyridine rings is 9. The van der Waals surface area contributed by atoms with E-state index in [0.29, 0.717) is 172 Å². The molecular formula is C102H112Cl3F3N22O6. The van der Waals surface area contributed by atoms with E-state index in [0.717, 1.165) is 46.7 Å². The number of carbonyl (C=O) groups excluding carboxylic acids is 3. The van der Waals surface area contributed by atoms with E-state index in [1.807, 2.05) is 132 Å². The smallest absolute Gasteiger partial charge is 0.282 e. The molecule has 0 spiro atoms. The highest BCUT2D eigenvalue weighted by molar-refractivity contribution is 6.34. The van der Waals surface area contributed by atoms with Crippen LogP contribution in [0, 0.1) is 38.2 Å². The Morgan fingerprint density at radius 3 is 1.17 bits per heavy atom. The lowest BCUT2D eigenvalue weighted by Crippen LogP contribution is -2.64. The lowest BCUT2D eigenvalue weighted by atomic mass is 9.98. The first kappa shape index (κ1) is 95.8. The number of nitrogen functional groups attached to an aromatic ring is 3. The van der Waals surface area contributed by atoms with Crippen molar-refractivity contribution >= 4 is 137 Å². The zero-order valence-corrected chi connectivity index (χ0v) is 81.2. The van der Waals surface area contributed by atoms with Gasteiger partial charge in [-0.25, -0.2) is 28.1 Å². The van der Waals surface area contributed by atoms with Gasteiger partial charge in [-0.3, -0.25) is 57.4 Å². The summed E-state index contributed by atoms with van der Waals surface area (Å²) in [5.74, 6) is -2.25. The summed E-state index contributed by atoms with van der Waals surface area (Å²) in [6, 6.07) is 23.4. The van der Waals surface area contributed by atoms with Gasteiger partial charge in [0.25, 0.3) is 16.7 Å². The normalized spacial score (nSPS) is 17.8. The highest BCUT2D eigenvalue weighted by Gasteiger charge is 2.46. The predicted octanol–water partition coefficient (Wildman–Crippen LogP) is 16.2. The molecule has 12 aromatic rings. The quantitative estimate of drug-likeness (QED) is 0.0516. The first-order valence-corrected chi connectivity index (χ1v) is 46.7. The maximum absolute atomic E-state index is 16.5. The molecule has 0 aliphatic carbocycles. The van der Waals surface area contributed by atoms with Gasteiger partial charge >= 0.3 is 0 Å². The Morgan fingerprint density at radius 2 is 0.801 bits per heavy atom. The topological polar surface area (TPSA) is 314 Å². The molecule has 15 heterocycles. The number of nitrogens with two attached hydrogens (primary N) is 3. The number of hydrogen-bond donors (Lipinski definition) is 4. The van der Waals surface area contributed by atoms with E-state index in [1.54, 1.807) is 96.7 Å². The number of benzene rings is 3. The first-order valence-electron chi connectivity index (χ1n) is 45.6. The largest absolute Gasteiger partial charge is 0.399 e. The van der Waals surface area contributed by atoms with Crippen molar-refractivity contribution in [2.45, 2.75) is 144 Å². The number of aryl methyl sites for hydroxylation is 3. The number of aromatic nitrogens is 9. The predicted molar refractivity (Wildman–Crippen MR) is 541 cm³/mol. The summed E-state index contributed by atoms with van der Waals surface area (Å²) in [7, 11) is 5.89. The number of anilines is 9. The molecule has 708 valence electrons. The second-order valence-corrected chi connectivity index (χ2v) is 38.5. The van der Waals surface area contributed by atoms with Gasteiger partial charge in [-0.05, 0) is 212 Å². The van der Waals surface area contributed by atoms with Gasteiger partial charge in [-0.2, -0.15) is 0 Å². The van der Waals surface area contributed by atoms with Crippen LogP contribution < -0.4 is 63.7 Å². The summed E-state index contributed by atoms with van der Waals surface area (Å²) in [5, 5.41) is 5.62. The van der Waals surface area contributed by atoms with Crippen LogP contribution in [0.25, 0.3) is 83.9 Å². The van der Waals surface area contributed by atoms with E-state index < -0.39 is 17.5 Å². The molecule has 3 aromatic carbocycles. The Kier molecular flexibility index (Phi) is 26.8. The third-order valence-electron chi connectivity index (χ3n) is 26.6. The SMILES string of the molecule is C=CC(=O)N1CC2CN(C)c3c(c4cc(F)c(-c5cc(N)ccc5Cl)nc4n(-c4c(C)ccnc4C(C)C)c3=O)N2CC1C.C=CC(=O)N1CC2CN(CCCN(C)C)c3c(c4cc(F)c(-c5cc(N)ccc5Cl)nc4n(-c4c(C)ccnc4C(C)C)c3=O)N2CC1C.C=CC(=O)N1CC2CNc3c(c4cc(F)c(-c5cc(N)ccc5Cl)nc4n(-c4c(C)ccnc4C(C)C)c3=O)N2CC1C. The van der Waals surface area contributed by atoms with Crippen molar-refractivity contribution in [3.63, 3.8) is 0 Å². The van der Waals surface area contributed by atoms with Crippen LogP contribution in [0.1, 0.15) is 120 Å².